The summed E-state index contributed by atoms with van der Waals surface area (Å²) in [5.74, 6) is 0. The van der Waals surface area contributed by atoms with E-state index >= 15 is 0 Å². The summed E-state index contributed by atoms with van der Waals surface area (Å²) in [6, 6.07) is 9.67. The van der Waals surface area contributed by atoms with E-state index in [1.54, 1.807) is 0 Å². The number of alkyl halides is 1. The number of hydrogen-bond donors (Lipinski definition) is 1. The van der Waals surface area contributed by atoms with Crippen molar-refractivity contribution >= 4 is 17.7 Å². The first-order chi connectivity index (χ1) is 8.25. The SMILES string of the molecule is O=C(N[C@H]1CCC[C@H]1Cl)OCc1ccccc1. The van der Waals surface area contributed by atoms with Gasteiger partial charge in [0, 0.05) is 6.04 Å². The van der Waals surface area contributed by atoms with Gasteiger partial charge in [-0.25, -0.2) is 4.79 Å². The summed E-state index contributed by atoms with van der Waals surface area (Å²) in [6.45, 7) is 0.298. The average molecular weight is 254 g/mol. The van der Waals surface area contributed by atoms with Crippen LogP contribution in [0.25, 0.3) is 0 Å². The first-order valence-corrected chi connectivity index (χ1v) is 6.30. The van der Waals surface area contributed by atoms with Crippen molar-refractivity contribution in [3.05, 3.63) is 35.9 Å². The van der Waals surface area contributed by atoms with Gasteiger partial charge in [-0.3, -0.25) is 0 Å². The van der Waals surface area contributed by atoms with E-state index in [-0.39, 0.29) is 17.5 Å². The van der Waals surface area contributed by atoms with Crippen LogP contribution in [0.4, 0.5) is 4.79 Å². The molecule has 2 rings (SSSR count). The minimum Gasteiger partial charge on any atom is -0.445 e. The first-order valence-electron chi connectivity index (χ1n) is 5.87. The monoisotopic (exact) mass is 253 g/mol. The molecule has 3 nitrogen and oxygen atoms in total. The third-order valence-corrected chi connectivity index (χ3v) is 3.47. The average Bonchev–Trinajstić information content (AvgIpc) is 2.74. The Bertz CT molecular complexity index is 369. The van der Waals surface area contributed by atoms with Crippen molar-refractivity contribution in [2.75, 3.05) is 0 Å². The maximum Gasteiger partial charge on any atom is 0.407 e. The van der Waals surface area contributed by atoms with Crippen LogP contribution in [0.3, 0.4) is 0 Å². The van der Waals surface area contributed by atoms with Crippen molar-refractivity contribution in [3.63, 3.8) is 0 Å². The number of ether oxygens (including phenoxy) is 1. The first kappa shape index (κ1) is 12.2. The minimum atomic E-state index is -0.383. The predicted molar refractivity (Wildman–Crippen MR) is 67.0 cm³/mol. The summed E-state index contributed by atoms with van der Waals surface area (Å²) in [4.78, 5) is 11.5. The Morgan fingerprint density at radius 1 is 1.35 bits per heavy atom. The van der Waals surface area contributed by atoms with E-state index in [0.717, 1.165) is 24.8 Å². The van der Waals surface area contributed by atoms with Crippen LogP contribution in [0, 0.1) is 0 Å². The molecule has 1 aliphatic carbocycles. The third kappa shape index (κ3) is 3.63. The molecule has 1 aromatic rings. The largest absolute Gasteiger partial charge is 0.445 e. The van der Waals surface area contributed by atoms with Gasteiger partial charge in [-0.05, 0) is 24.8 Å². The van der Waals surface area contributed by atoms with Gasteiger partial charge in [-0.2, -0.15) is 0 Å². The van der Waals surface area contributed by atoms with E-state index in [1.807, 2.05) is 30.3 Å². The molecular formula is C13H16ClNO2. The highest BCUT2D eigenvalue weighted by Gasteiger charge is 2.26. The number of benzene rings is 1. The molecule has 4 heteroatoms. The van der Waals surface area contributed by atoms with Gasteiger partial charge in [0.2, 0.25) is 0 Å². The van der Waals surface area contributed by atoms with Crippen molar-refractivity contribution < 1.29 is 9.53 Å². The summed E-state index contributed by atoms with van der Waals surface area (Å²) in [7, 11) is 0. The lowest BCUT2D eigenvalue weighted by atomic mass is 10.2. The summed E-state index contributed by atoms with van der Waals surface area (Å²) in [6.07, 6.45) is 2.59. The Labute approximate surface area is 106 Å². The topological polar surface area (TPSA) is 38.3 Å². The molecule has 0 saturated heterocycles. The Kier molecular flexibility index (Phi) is 4.26. The smallest absolute Gasteiger partial charge is 0.407 e. The van der Waals surface area contributed by atoms with Crippen molar-refractivity contribution in [2.24, 2.45) is 0 Å². The van der Waals surface area contributed by atoms with Gasteiger partial charge in [0.15, 0.2) is 0 Å². The standard InChI is InChI=1S/C13H16ClNO2/c14-11-7-4-8-12(11)15-13(16)17-9-10-5-2-1-3-6-10/h1-3,5-6,11-12H,4,7-9H2,(H,15,16)/t11-,12+/m1/s1. The molecule has 0 aromatic heterocycles. The van der Waals surface area contributed by atoms with E-state index < -0.39 is 0 Å². The Balaban J connectivity index is 1.74. The number of alkyl carbamates (subject to hydrolysis) is 1. The number of halogens is 1. The summed E-state index contributed by atoms with van der Waals surface area (Å²) in [5, 5.41) is 2.85. The molecule has 0 aliphatic heterocycles. The second-order valence-electron chi connectivity index (χ2n) is 4.26. The highest BCUT2D eigenvalue weighted by molar-refractivity contribution is 6.21. The molecule has 1 aromatic carbocycles. The van der Waals surface area contributed by atoms with E-state index in [1.165, 1.54) is 0 Å². The van der Waals surface area contributed by atoms with Crippen LogP contribution in [-0.2, 0) is 11.3 Å². The van der Waals surface area contributed by atoms with Crippen molar-refractivity contribution in [1.29, 1.82) is 0 Å². The number of nitrogens with one attached hydrogen (secondary N) is 1. The molecule has 1 saturated carbocycles. The molecule has 2 atom stereocenters. The van der Waals surface area contributed by atoms with Crippen molar-refractivity contribution in [3.8, 4) is 0 Å². The molecule has 0 radical (unpaired) electrons. The number of hydrogen-bond acceptors (Lipinski definition) is 2. The van der Waals surface area contributed by atoms with Crippen LogP contribution in [0.5, 0.6) is 0 Å². The van der Waals surface area contributed by atoms with Crippen LogP contribution in [-0.4, -0.2) is 17.5 Å². The molecule has 17 heavy (non-hydrogen) atoms. The molecule has 1 fully saturated rings. The Morgan fingerprint density at radius 3 is 2.76 bits per heavy atom. The van der Waals surface area contributed by atoms with Gasteiger partial charge in [0.05, 0.1) is 5.38 Å². The van der Waals surface area contributed by atoms with Gasteiger partial charge in [0.25, 0.3) is 0 Å². The highest BCUT2D eigenvalue weighted by Crippen LogP contribution is 2.23. The lowest BCUT2D eigenvalue weighted by molar-refractivity contribution is 0.136. The Hall–Kier alpha value is -1.22. The fourth-order valence-corrected chi connectivity index (χ4v) is 2.34. The van der Waals surface area contributed by atoms with Gasteiger partial charge in [0.1, 0.15) is 6.61 Å². The Morgan fingerprint density at radius 2 is 2.12 bits per heavy atom. The summed E-state index contributed by atoms with van der Waals surface area (Å²) >= 11 is 6.07. The number of carbonyl (C=O) groups excluding carboxylic acids is 1. The van der Waals surface area contributed by atoms with Crippen LogP contribution in [0.1, 0.15) is 24.8 Å². The number of carbonyl (C=O) groups is 1. The molecule has 0 heterocycles. The van der Waals surface area contributed by atoms with E-state index in [0.29, 0.717) is 6.61 Å². The second kappa shape index (κ2) is 5.92. The maximum atomic E-state index is 11.5. The maximum absolute atomic E-state index is 11.5. The number of rotatable bonds is 3. The van der Waals surface area contributed by atoms with Crippen LogP contribution in [0.15, 0.2) is 30.3 Å². The lowest BCUT2D eigenvalue weighted by Gasteiger charge is -2.15. The van der Waals surface area contributed by atoms with Gasteiger partial charge in [-0.15, -0.1) is 11.6 Å². The summed E-state index contributed by atoms with van der Waals surface area (Å²) < 4.78 is 5.13. The van der Waals surface area contributed by atoms with Gasteiger partial charge in [-0.1, -0.05) is 30.3 Å². The fraction of sp³-hybridized carbons (Fsp3) is 0.462. The zero-order chi connectivity index (χ0) is 12.1. The van der Waals surface area contributed by atoms with E-state index in [2.05, 4.69) is 5.32 Å². The van der Waals surface area contributed by atoms with Crippen molar-refractivity contribution in [2.45, 2.75) is 37.3 Å². The molecule has 1 aliphatic rings. The van der Waals surface area contributed by atoms with Gasteiger partial charge < -0.3 is 10.1 Å². The minimum absolute atomic E-state index is 0.0410. The zero-order valence-electron chi connectivity index (χ0n) is 9.56. The van der Waals surface area contributed by atoms with Crippen molar-refractivity contribution in [1.82, 2.24) is 5.32 Å². The second-order valence-corrected chi connectivity index (χ2v) is 4.82. The third-order valence-electron chi connectivity index (χ3n) is 2.95. The molecule has 0 bridgehead atoms. The molecule has 1 N–H and O–H groups in total. The molecule has 0 unspecified atom stereocenters. The molecule has 1 amide bonds. The lowest BCUT2D eigenvalue weighted by Crippen LogP contribution is -2.38. The van der Waals surface area contributed by atoms with Crippen LogP contribution < -0.4 is 5.32 Å². The number of amides is 1. The normalized spacial score (nSPS) is 23.4. The van der Waals surface area contributed by atoms with Crippen LogP contribution in [0.2, 0.25) is 0 Å². The molecular weight excluding hydrogens is 238 g/mol. The molecule has 92 valence electrons. The zero-order valence-corrected chi connectivity index (χ0v) is 10.3. The highest BCUT2D eigenvalue weighted by atomic mass is 35.5. The van der Waals surface area contributed by atoms with Crippen LogP contribution >= 0.6 is 11.6 Å². The quantitative estimate of drug-likeness (QED) is 0.841. The van der Waals surface area contributed by atoms with E-state index in [9.17, 15) is 4.79 Å². The fourth-order valence-electron chi connectivity index (χ4n) is 1.99. The molecule has 0 spiro atoms. The van der Waals surface area contributed by atoms with E-state index in [4.69, 9.17) is 16.3 Å². The predicted octanol–water partition coefficient (Wildman–Crippen LogP) is 3.07. The summed E-state index contributed by atoms with van der Waals surface area (Å²) in [5.41, 5.74) is 0.983. The van der Waals surface area contributed by atoms with Gasteiger partial charge >= 0.3 is 6.09 Å².